The van der Waals surface area contributed by atoms with Crippen LogP contribution in [-0.4, -0.2) is 6.61 Å². The minimum Gasteiger partial charge on any atom is -0.493 e. The van der Waals surface area contributed by atoms with Crippen molar-refractivity contribution in [3.05, 3.63) is 27.7 Å². The van der Waals surface area contributed by atoms with Crippen LogP contribution in [0.2, 0.25) is 0 Å². The molecule has 0 saturated heterocycles. The first-order chi connectivity index (χ1) is 6.18. The van der Waals surface area contributed by atoms with Gasteiger partial charge in [0.25, 0.3) is 0 Å². The number of halogens is 2. The van der Waals surface area contributed by atoms with Crippen LogP contribution in [0.1, 0.15) is 21.5 Å². The SMILES string of the molecule is Cc1cc2c(cc1Br)C(I)CCO2. The number of benzene rings is 1. The van der Waals surface area contributed by atoms with E-state index in [1.807, 2.05) is 0 Å². The number of alkyl halides is 1. The maximum atomic E-state index is 5.60. The van der Waals surface area contributed by atoms with E-state index < -0.39 is 0 Å². The highest BCUT2D eigenvalue weighted by atomic mass is 127. The van der Waals surface area contributed by atoms with Gasteiger partial charge in [0.1, 0.15) is 5.75 Å². The summed E-state index contributed by atoms with van der Waals surface area (Å²) >= 11 is 6.02. The van der Waals surface area contributed by atoms with E-state index in [0.29, 0.717) is 3.92 Å². The zero-order valence-electron chi connectivity index (χ0n) is 7.31. The topological polar surface area (TPSA) is 9.23 Å². The summed E-state index contributed by atoms with van der Waals surface area (Å²) < 4.78 is 7.38. The van der Waals surface area contributed by atoms with Crippen LogP contribution in [0.15, 0.2) is 16.6 Å². The Morgan fingerprint density at radius 2 is 2.31 bits per heavy atom. The summed E-state index contributed by atoms with van der Waals surface area (Å²) in [5.41, 5.74) is 2.56. The lowest BCUT2D eigenvalue weighted by Gasteiger charge is -2.22. The first-order valence-electron chi connectivity index (χ1n) is 4.25. The fourth-order valence-corrected chi connectivity index (χ4v) is 2.57. The summed E-state index contributed by atoms with van der Waals surface area (Å²) in [4.78, 5) is 0. The van der Waals surface area contributed by atoms with Crippen LogP contribution in [0, 0.1) is 6.92 Å². The summed E-state index contributed by atoms with van der Waals surface area (Å²) in [6.07, 6.45) is 1.11. The fraction of sp³-hybridized carbons (Fsp3) is 0.400. The van der Waals surface area contributed by atoms with Crippen molar-refractivity contribution >= 4 is 38.5 Å². The number of rotatable bonds is 0. The fourth-order valence-electron chi connectivity index (χ4n) is 1.47. The zero-order valence-corrected chi connectivity index (χ0v) is 11.1. The van der Waals surface area contributed by atoms with Crippen LogP contribution in [0.3, 0.4) is 0 Å². The third-order valence-corrected chi connectivity index (χ3v) is 4.41. The second kappa shape index (κ2) is 3.77. The van der Waals surface area contributed by atoms with Gasteiger partial charge in [-0.05, 0) is 31.0 Å². The lowest BCUT2D eigenvalue weighted by atomic mass is 10.0. The lowest BCUT2D eigenvalue weighted by molar-refractivity contribution is 0.289. The Labute approximate surface area is 100 Å². The van der Waals surface area contributed by atoms with Crippen molar-refractivity contribution in [2.45, 2.75) is 17.3 Å². The molecule has 0 aromatic heterocycles. The Morgan fingerprint density at radius 3 is 3.08 bits per heavy atom. The molecule has 1 nitrogen and oxygen atoms in total. The number of hydrogen-bond acceptors (Lipinski definition) is 1. The van der Waals surface area contributed by atoms with Crippen molar-refractivity contribution < 1.29 is 4.74 Å². The van der Waals surface area contributed by atoms with E-state index in [1.165, 1.54) is 15.6 Å². The molecular formula is C10H10BrIO. The maximum Gasteiger partial charge on any atom is 0.123 e. The Balaban J connectivity index is 2.52. The standard InChI is InChI=1S/C10H10BrIO/c1-6-4-10-7(5-8(6)11)9(12)2-3-13-10/h4-5,9H,2-3H2,1H3. The number of fused-ring (bicyclic) bond motifs is 1. The van der Waals surface area contributed by atoms with Gasteiger partial charge in [0.05, 0.1) is 6.61 Å². The third-order valence-electron chi connectivity index (χ3n) is 2.26. The quantitative estimate of drug-likeness (QED) is 0.506. The molecule has 0 aliphatic carbocycles. The van der Waals surface area contributed by atoms with Gasteiger partial charge in [-0.3, -0.25) is 0 Å². The van der Waals surface area contributed by atoms with Gasteiger partial charge in [-0.25, -0.2) is 0 Å². The predicted molar refractivity (Wildman–Crippen MR) is 65.8 cm³/mol. The van der Waals surface area contributed by atoms with Crippen LogP contribution < -0.4 is 4.74 Å². The number of hydrogen-bond donors (Lipinski definition) is 0. The molecule has 1 aromatic carbocycles. The van der Waals surface area contributed by atoms with Crippen molar-refractivity contribution in [3.63, 3.8) is 0 Å². The minimum atomic E-state index is 0.596. The molecule has 0 fully saturated rings. The summed E-state index contributed by atoms with van der Waals surface area (Å²) in [6.45, 7) is 2.94. The summed E-state index contributed by atoms with van der Waals surface area (Å²) in [5.74, 6) is 1.06. The molecule has 1 unspecified atom stereocenters. The first-order valence-corrected chi connectivity index (χ1v) is 6.29. The minimum absolute atomic E-state index is 0.596. The van der Waals surface area contributed by atoms with E-state index in [1.54, 1.807) is 0 Å². The van der Waals surface area contributed by atoms with E-state index in [0.717, 1.165) is 18.8 Å². The van der Waals surface area contributed by atoms with Crippen LogP contribution >= 0.6 is 38.5 Å². The van der Waals surface area contributed by atoms with Gasteiger partial charge in [-0.15, -0.1) is 0 Å². The van der Waals surface area contributed by atoms with Crippen molar-refractivity contribution in [2.24, 2.45) is 0 Å². The van der Waals surface area contributed by atoms with Crippen LogP contribution in [-0.2, 0) is 0 Å². The molecule has 0 amide bonds. The Kier molecular flexibility index (Phi) is 2.83. The Hall–Kier alpha value is 0.230. The lowest BCUT2D eigenvalue weighted by Crippen LogP contribution is -2.10. The zero-order chi connectivity index (χ0) is 9.42. The molecule has 0 spiro atoms. The highest BCUT2D eigenvalue weighted by Gasteiger charge is 2.19. The molecule has 3 heteroatoms. The molecular weight excluding hydrogens is 343 g/mol. The largest absolute Gasteiger partial charge is 0.493 e. The van der Waals surface area contributed by atoms with Crippen LogP contribution in [0.4, 0.5) is 0 Å². The highest BCUT2D eigenvalue weighted by molar-refractivity contribution is 14.1. The maximum absolute atomic E-state index is 5.60. The average molecular weight is 353 g/mol. The van der Waals surface area contributed by atoms with Gasteiger partial charge >= 0.3 is 0 Å². The van der Waals surface area contributed by atoms with Crippen molar-refractivity contribution in [1.29, 1.82) is 0 Å². The molecule has 1 aliphatic rings. The van der Waals surface area contributed by atoms with Crippen LogP contribution in [0.5, 0.6) is 5.75 Å². The van der Waals surface area contributed by atoms with Crippen molar-refractivity contribution in [2.75, 3.05) is 6.61 Å². The van der Waals surface area contributed by atoms with Crippen LogP contribution in [0.25, 0.3) is 0 Å². The Bertz CT molecular complexity index is 338. The van der Waals surface area contributed by atoms with E-state index >= 15 is 0 Å². The van der Waals surface area contributed by atoms with E-state index in [2.05, 4.69) is 57.6 Å². The monoisotopic (exact) mass is 352 g/mol. The van der Waals surface area contributed by atoms with E-state index in [9.17, 15) is 0 Å². The number of aryl methyl sites for hydroxylation is 1. The molecule has 0 radical (unpaired) electrons. The molecule has 0 saturated carbocycles. The smallest absolute Gasteiger partial charge is 0.123 e. The second-order valence-electron chi connectivity index (χ2n) is 3.24. The molecule has 13 heavy (non-hydrogen) atoms. The number of ether oxygens (including phenoxy) is 1. The molecule has 1 aromatic rings. The summed E-state index contributed by atoms with van der Waals surface area (Å²) in [7, 11) is 0. The highest BCUT2D eigenvalue weighted by Crippen LogP contribution is 2.40. The van der Waals surface area contributed by atoms with Gasteiger partial charge in [0.15, 0.2) is 0 Å². The molecule has 1 atom stereocenters. The van der Waals surface area contributed by atoms with E-state index in [4.69, 9.17) is 4.74 Å². The third kappa shape index (κ3) is 1.86. The van der Waals surface area contributed by atoms with E-state index in [-0.39, 0.29) is 0 Å². The average Bonchev–Trinajstić information content (AvgIpc) is 2.09. The van der Waals surface area contributed by atoms with Gasteiger partial charge in [-0.2, -0.15) is 0 Å². The first kappa shape index (κ1) is 9.77. The Morgan fingerprint density at radius 1 is 1.54 bits per heavy atom. The molecule has 0 N–H and O–H groups in total. The van der Waals surface area contributed by atoms with Gasteiger partial charge in [0, 0.05) is 14.0 Å². The van der Waals surface area contributed by atoms with Crippen molar-refractivity contribution in [1.82, 2.24) is 0 Å². The summed E-state index contributed by atoms with van der Waals surface area (Å²) in [5, 5.41) is 0. The predicted octanol–water partition coefficient (Wildman–Crippen LogP) is 4.02. The van der Waals surface area contributed by atoms with Gasteiger partial charge < -0.3 is 4.74 Å². The molecule has 70 valence electrons. The molecule has 0 bridgehead atoms. The van der Waals surface area contributed by atoms with Crippen molar-refractivity contribution in [3.8, 4) is 5.75 Å². The molecule has 2 rings (SSSR count). The molecule has 1 heterocycles. The normalized spacial score (nSPS) is 20.7. The van der Waals surface area contributed by atoms with Gasteiger partial charge in [-0.1, -0.05) is 38.5 Å². The van der Waals surface area contributed by atoms with Gasteiger partial charge in [0.2, 0.25) is 0 Å². The summed E-state index contributed by atoms with van der Waals surface area (Å²) in [6, 6.07) is 4.30. The second-order valence-corrected chi connectivity index (χ2v) is 5.60. The molecule has 1 aliphatic heterocycles.